The fourth-order valence-electron chi connectivity index (χ4n) is 1.47. The number of fused-ring (bicyclic) bond motifs is 1. The Bertz CT molecular complexity index is 459. The van der Waals surface area contributed by atoms with Crippen molar-refractivity contribution >= 4 is 11.0 Å². The van der Waals surface area contributed by atoms with E-state index < -0.39 is 0 Å². The maximum absolute atomic E-state index is 5.59. The first-order valence-corrected chi connectivity index (χ1v) is 5.44. The molecule has 0 aliphatic heterocycles. The average Bonchev–Trinajstić information content (AvgIpc) is 2.34. The molecule has 0 aliphatic carbocycles. The minimum atomic E-state index is 0.697. The van der Waals surface area contributed by atoms with Crippen LogP contribution in [0.25, 0.3) is 11.0 Å². The van der Waals surface area contributed by atoms with Crippen LogP contribution in [0.1, 0.15) is 12.8 Å². The summed E-state index contributed by atoms with van der Waals surface area (Å²) in [5, 5.41) is 0. The highest BCUT2D eigenvalue weighted by Gasteiger charge is 1.98. The third-order valence-electron chi connectivity index (χ3n) is 2.31. The van der Waals surface area contributed by atoms with E-state index in [0.717, 1.165) is 29.6 Å². The van der Waals surface area contributed by atoms with E-state index in [9.17, 15) is 0 Å². The molecule has 2 rings (SSSR count). The Labute approximate surface area is 94.5 Å². The van der Waals surface area contributed by atoms with Gasteiger partial charge in [-0.15, -0.1) is 0 Å². The molecule has 0 saturated heterocycles. The van der Waals surface area contributed by atoms with Gasteiger partial charge < -0.3 is 10.5 Å². The molecule has 0 unspecified atom stereocenters. The fraction of sp³-hybridized carbons (Fsp3) is 0.333. The van der Waals surface area contributed by atoms with Crippen molar-refractivity contribution in [3.8, 4) is 5.75 Å². The summed E-state index contributed by atoms with van der Waals surface area (Å²) in [4.78, 5) is 8.42. The van der Waals surface area contributed by atoms with Crippen molar-refractivity contribution in [3.63, 3.8) is 0 Å². The van der Waals surface area contributed by atoms with E-state index in [2.05, 4.69) is 9.97 Å². The molecule has 2 aromatic rings. The first kappa shape index (κ1) is 10.8. The minimum Gasteiger partial charge on any atom is -0.494 e. The number of hydrogen-bond acceptors (Lipinski definition) is 4. The first-order chi connectivity index (χ1) is 7.90. The molecule has 1 aromatic carbocycles. The van der Waals surface area contributed by atoms with Crippen molar-refractivity contribution in [1.82, 2.24) is 9.97 Å². The fourth-order valence-corrected chi connectivity index (χ4v) is 1.47. The second kappa shape index (κ2) is 5.42. The van der Waals surface area contributed by atoms with Gasteiger partial charge >= 0.3 is 0 Å². The van der Waals surface area contributed by atoms with E-state index in [1.54, 1.807) is 12.4 Å². The van der Waals surface area contributed by atoms with Gasteiger partial charge in [-0.05, 0) is 31.5 Å². The molecule has 0 amide bonds. The van der Waals surface area contributed by atoms with Crippen LogP contribution in [0, 0.1) is 0 Å². The monoisotopic (exact) mass is 217 g/mol. The number of hydrogen-bond donors (Lipinski definition) is 1. The van der Waals surface area contributed by atoms with Crippen molar-refractivity contribution < 1.29 is 4.74 Å². The molecule has 0 spiro atoms. The maximum atomic E-state index is 5.59. The Morgan fingerprint density at radius 1 is 1.06 bits per heavy atom. The molecule has 0 bridgehead atoms. The number of unbranched alkanes of at least 4 members (excludes halogenated alkanes) is 1. The van der Waals surface area contributed by atoms with E-state index in [1.165, 1.54) is 0 Å². The van der Waals surface area contributed by atoms with Crippen molar-refractivity contribution in [2.45, 2.75) is 12.8 Å². The minimum absolute atomic E-state index is 0.697. The smallest absolute Gasteiger partial charge is 0.121 e. The summed E-state index contributed by atoms with van der Waals surface area (Å²) in [5.74, 6) is 0.838. The van der Waals surface area contributed by atoms with Gasteiger partial charge in [0.15, 0.2) is 0 Å². The maximum Gasteiger partial charge on any atom is 0.121 e. The summed E-state index contributed by atoms with van der Waals surface area (Å²) < 4.78 is 5.59. The second-order valence-electron chi connectivity index (χ2n) is 3.55. The molecular formula is C12H15N3O. The van der Waals surface area contributed by atoms with Crippen LogP contribution >= 0.6 is 0 Å². The molecule has 4 heteroatoms. The van der Waals surface area contributed by atoms with Crippen molar-refractivity contribution in [3.05, 3.63) is 30.6 Å². The third-order valence-corrected chi connectivity index (χ3v) is 2.31. The lowest BCUT2D eigenvalue weighted by Gasteiger charge is -2.05. The summed E-state index contributed by atoms with van der Waals surface area (Å²) in [6.45, 7) is 1.41. The molecule has 1 heterocycles. The predicted octanol–water partition coefficient (Wildman–Crippen LogP) is 1.75. The van der Waals surface area contributed by atoms with Crippen molar-refractivity contribution in [1.29, 1.82) is 0 Å². The molecule has 4 nitrogen and oxygen atoms in total. The lowest BCUT2D eigenvalue weighted by Crippen LogP contribution is -2.03. The van der Waals surface area contributed by atoms with Gasteiger partial charge in [-0.3, -0.25) is 9.97 Å². The van der Waals surface area contributed by atoms with E-state index >= 15 is 0 Å². The van der Waals surface area contributed by atoms with Crippen LogP contribution in [-0.2, 0) is 0 Å². The molecule has 0 fully saturated rings. The number of nitrogens with zero attached hydrogens (tertiary/aromatic N) is 2. The summed E-state index contributed by atoms with van der Waals surface area (Å²) >= 11 is 0. The van der Waals surface area contributed by atoms with E-state index in [0.29, 0.717) is 13.2 Å². The number of benzene rings is 1. The van der Waals surface area contributed by atoms with Gasteiger partial charge in [0.25, 0.3) is 0 Å². The molecule has 2 N–H and O–H groups in total. The Morgan fingerprint density at radius 2 is 1.88 bits per heavy atom. The van der Waals surface area contributed by atoms with Crippen LogP contribution in [-0.4, -0.2) is 23.1 Å². The van der Waals surface area contributed by atoms with Crippen LogP contribution in [0.15, 0.2) is 30.6 Å². The molecule has 0 saturated carbocycles. The van der Waals surface area contributed by atoms with Crippen LogP contribution in [0.3, 0.4) is 0 Å². The largest absolute Gasteiger partial charge is 0.494 e. The Hall–Kier alpha value is -1.68. The van der Waals surface area contributed by atoms with Gasteiger partial charge in [-0.1, -0.05) is 0 Å². The number of nitrogens with two attached hydrogens (primary N) is 1. The highest BCUT2D eigenvalue weighted by atomic mass is 16.5. The van der Waals surface area contributed by atoms with E-state index in [-0.39, 0.29) is 0 Å². The number of rotatable bonds is 5. The molecular weight excluding hydrogens is 202 g/mol. The highest BCUT2D eigenvalue weighted by molar-refractivity contribution is 5.75. The molecule has 0 radical (unpaired) electrons. The topological polar surface area (TPSA) is 61.0 Å². The molecule has 84 valence electrons. The van der Waals surface area contributed by atoms with Gasteiger partial charge in [0, 0.05) is 18.5 Å². The van der Waals surface area contributed by atoms with Gasteiger partial charge in [0.1, 0.15) is 5.75 Å². The van der Waals surface area contributed by atoms with Crippen LogP contribution in [0.2, 0.25) is 0 Å². The number of ether oxygens (including phenoxy) is 1. The normalized spacial score (nSPS) is 10.6. The standard InChI is InChI=1S/C12H15N3O/c13-5-1-2-8-16-10-3-4-11-12(9-10)15-7-6-14-11/h3-4,6-7,9H,1-2,5,8,13H2. The number of aromatic nitrogens is 2. The Morgan fingerprint density at radius 3 is 2.69 bits per heavy atom. The van der Waals surface area contributed by atoms with Gasteiger partial charge in [0.05, 0.1) is 17.6 Å². The van der Waals surface area contributed by atoms with Gasteiger partial charge in [0.2, 0.25) is 0 Å². The van der Waals surface area contributed by atoms with Crippen LogP contribution < -0.4 is 10.5 Å². The Balaban J connectivity index is 2.02. The highest BCUT2D eigenvalue weighted by Crippen LogP contribution is 2.17. The first-order valence-electron chi connectivity index (χ1n) is 5.44. The Kier molecular flexibility index (Phi) is 3.66. The van der Waals surface area contributed by atoms with E-state index in [1.807, 2.05) is 18.2 Å². The van der Waals surface area contributed by atoms with Crippen LogP contribution in [0.5, 0.6) is 5.75 Å². The molecule has 0 atom stereocenters. The quantitative estimate of drug-likeness (QED) is 0.775. The van der Waals surface area contributed by atoms with Gasteiger partial charge in [-0.2, -0.15) is 0 Å². The van der Waals surface area contributed by atoms with Crippen LogP contribution in [0.4, 0.5) is 0 Å². The average molecular weight is 217 g/mol. The predicted molar refractivity (Wildman–Crippen MR) is 63.3 cm³/mol. The van der Waals surface area contributed by atoms with Crippen molar-refractivity contribution in [2.24, 2.45) is 5.73 Å². The molecule has 1 aromatic heterocycles. The molecule has 0 aliphatic rings. The zero-order valence-electron chi connectivity index (χ0n) is 9.10. The summed E-state index contributed by atoms with van der Waals surface area (Å²) in [6, 6.07) is 5.74. The zero-order chi connectivity index (χ0) is 11.2. The second-order valence-corrected chi connectivity index (χ2v) is 3.55. The summed E-state index contributed by atoms with van der Waals surface area (Å²) in [5.41, 5.74) is 7.15. The SMILES string of the molecule is NCCCCOc1ccc2nccnc2c1. The third kappa shape index (κ3) is 2.67. The van der Waals surface area contributed by atoms with Gasteiger partial charge in [-0.25, -0.2) is 0 Å². The zero-order valence-corrected chi connectivity index (χ0v) is 9.10. The van der Waals surface area contributed by atoms with Crippen molar-refractivity contribution in [2.75, 3.05) is 13.2 Å². The lowest BCUT2D eigenvalue weighted by molar-refractivity contribution is 0.308. The molecule has 16 heavy (non-hydrogen) atoms. The summed E-state index contributed by atoms with van der Waals surface area (Å²) in [7, 11) is 0. The van der Waals surface area contributed by atoms with E-state index in [4.69, 9.17) is 10.5 Å². The summed E-state index contributed by atoms with van der Waals surface area (Å²) in [6.07, 6.45) is 5.34. The lowest BCUT2D eigenvalue weighted by atomic mass is 10.3.